The zero-order valence-electron chi connectivity index (χ0n) is 10.2. The van der Waals surface area contributed by atoms with Gasteiger partial charge in [0.05, 0.1) is 5.75 Å². The smallest absolute Gasteiger partial charge is 0.306 e. The van der Waals surface area contributed by atoms with Crippen molar-refractivity contribution in [1.29, 1.82) is 0 Å². The van der Waals surface area contributed by atoms with Crippen LogP contribution in [0.3, 0.4) is 0 Å². The summed E-state index contributed by atoms with van der Waals surface area (Å²) < 4.78 is 59.9. The van der Waals surface area contributed by atoms with Crippen molar-refractivity contribution in [2.45, 2.75) is 45.3 Å². The summed E-state index contributed by atoms with van der Waals surface area (Å²) in [5, 5.41) is 2.39. The summed E-state index contributed by atoms with van der Waals surface area (Å²) >= 11 is 0. The molecule has 0 aromatic heterocycles. The number of halogens is 3. The molecule has 3 nitrogen and oxygen atoms in total. The summed E-state index contributed by atoms with van der Waals surface area (Å²) in [6.45, 7) is 3.55. The lowest BCUT2D eigenvalue weighted by Crippen LogP contribution is -2.42. The van der Waals surface area contributed by atoms with E-state index in [9.17, 15) is 21.6 Å². The highest BCUT2D eigenvalue weighted by atomic mass is 32.2. The Labute approximate surface area is 101 Å². The Morgan fingerprint density at radius 1 is 1.24 bits per heavy atom. The third-order valence-corrected chi connectivity index (χ3v) is 4.21. The van der Waals surface area contributed by atoms with Crippen LogP contribution in [0.5, 0.6) is 0 Å². The minimum absolute atomic E-state index is 0.0218. The third kappa shape index (κ3) is 7.59. The normalized spacial score (nSPS) is 14.9. The van der Waals surface area contributed by atoms with Crippen molar-refractivity contribution in [2.75, 3.05) is 18.1 Å². The third-order valence-electron chi connectivity index (χ3n) is 2.42. The number of alkyl halides is 3. The Hall–Kier alpha value is -0.300. The van der Waals surface area contributed by atoms with Crippen LogP contribution in [0.25, 0.3) is 0 Å². The Bertz CT molecular complexity index is 301. The van der Waals surface area contributed by atoms with Gasteiger partial charge in [-0.05, 0) is 25.8 Å². The van der Waals surface area contributed by atoms with Gasteiger partial charge in [0.15, 0.2) is 0 Å². The zero-order chi connectivity index (χ0) is 13.5. The van der Waals surface area contributed by atoms with E-state index in [0.717, 1.165) is 0 Å². The molecule has 0 aliphatic heterocycles. The topological polar surface area (TPSA) is 46.2 Å². The molecule has 0 bridgehead atoms. The first-order valence-corrected chi connectivity index (χ1v) is 7.55. The monoisotopic (exact) mass is 275 g/mol. The van der Waals surface area contributed by atoms with E-state index in [1.165, 1.54) is 6.92 Å². The summed E-state index contributed by atoms with van der Waals surface area (Å²) in [4.78, 5) is 0. The van der Waals surface area contributed by atoms with Crippen molar-refractivity contribution in [2.24, 2.45) is 0 Å². The molecular formula is C10H20F3NO2S. The van der Waals surface area contributed by atoms with Gasteiger partial charge in [-0.1, -0.05) is 13.8 Å². The van der Waals surface area contributed by atoms with E-state index >= 15 is 0 Å². The van der Waals surface area contributed by atoms with Crippen LogP contribution >= 0.6 is 0 Å². The van der Waals surface area contributed by atoms with Crippen LogP contribution in [0.2, 0.25) is 0 Å². The summed E-state index contributed by atoms with van der Waals surface area (Å²) in [6, 6.07) is -1.60. The summed E-state index contributed by atoms with van der Waals surface area (Å²) in [5.74, 6) is -0.198. The number of sulfone groups is 1. The highest BCUT2D eigenvalue weighted by Crippen LogP contribution is 2.23. The van der Waals surface area contributed by atoms with Gasteiger partial charge in [0, 0.05) is 5.75 Å². The Balaban J connectivity index is 4.18. The molecule has 7 heteroatoms. The van der Waals surface area contributed by atoms with Crippen LogP contribution in [0, 0.1) is 0 Å². The number of hydrogen-bond donors (Lipinski definition) is 1. The quantitative estimate of drug-likeness (QED) is 0.738. The van der Waals surface area contributed by atoms with Gasteiger partial charge >= 0.3 is 6.18 Å². The molecule has 0 aliphatic carbocycles. The average molecular weight is 275 g/mol. The minimum Gasteiger partial charge on any atom is -0.306 e. The molecule has 104 valence electrons. The van der Waals surface area contributed by atoms with E-state index in [1.807, 2.05) is 0 Å². The van der Waals surface area contributed by atoms with Gasteiger partial charge in [-0.15, -0.1) is 0 Å². The van der Waals surface area contributed by atoms with Crippen LogP contribution in [-0.4, -0.2) is 38.7 Å². The molecular weight excluding hydrogens is 255 g/mol. The number of rotatable bonds is 8. The van der Waals surface area contributed by atoms with Crippen LogP contribution in [0.15, 0.2) is 0 Å². The van der Waals surface area contributed by atoms with Gasteiger partial charge in [-0.3, -0.25) is 0 Å². The second-order valence-electron chi connectivity index (χ2n) is 3.93. The molecule has 0 saturated carbocycles. The van der Waals surface area contributed by atoms with Gasteiger partial charge in [0.1, 0.15) is 15.9 Å². The van der Waals surface area contributed by atoms with Crippen molar-refractivity contribution in [3.8, 4) is 0 Å². The lowest BCUT2D eigenvalue weighted by Gasteiger charge is -2.21. The molecule has 1 unspecified atom stereocenters. The van der Waals surface area contributed by atoms with Gasteiger partial charge in [0.2, 0.25) is 0 Å². The zero-order valence-corrected chi connectivity index (χ0v) is 11.0. The van der Waals surface area contributed by atoms with Gasteiger partial charge in [0.25, 0.3) is 0 Å². The minimum atomic E-state index is -4.31. The molecule has 0 amide bonds. The Morgan fingerprint density at radius 3 is 2.24 bits per heavy atom. The van der Waals surface area contributed by atoms with Gasteiger partial charge in [-0.25, -0.2) is 8.42 Å². The Morgan fingerprint density at radius 2 is 1.82 bits per heavy atom. The SMILES string of the molecule is CCCNC(CCCS(=O)(=O)CC)C(F)(F)F. The first kappa shape index (κ1) is 16.7. The molecule has 0 radical (unpaired) electrons. The molecule has 1 N–H and O–H groups in total. The number of hydrogen-bond acceptors (Lipinski definition) is 3. The first-order valence-electron chi connectivity index (χ1n) is 5.73. The predicted octanol–water partition coefficient (Wildman–Crippen LogP) is 2.13. The summed E-state index contributed by atoms with van der Waals surface area (Å²) in [5.41, 5.74) is 0. The van der Waals surface area contributed by atoms with E-state index < -0.39 is 22.1 Å². The molecule has 17 heavy (non-hydrogen) atoms. The first-order chi connectivity index (χ1) is 7.73. The molecule has 0 aromatic rings. The van der Waals surface area contributed by atoms with Crippen molar-refractivity contribution < 1.29 is 21.6 Å². The maximum Gasteiger partial charge on any atom is 0.403 e. The average Bonchev–Trinajstić information content (AvgIpc) is 2.21. The molecule has 0 rings (SSSR count). The standard InChI is InChI=1S/C10H20F3NO2S/c1-3-7-14-9(10(11,12)13)6-5-8-17(15,16)4-2/h9,14H,3-8H2,1-2H3. The van der Waals surface area contributed by atoms with Gasteiger partial charge in [-0.2, -0.15) is 13.2 Å². The molecule has 0 aromatic carbocycles. The highest BCUT2D eigenvalue weighted by Gasteiger charge is 2.38. The Kier molecular flexibility index (Phi) is 7.08. The van der Waals surface area contributed by atoms with Gasteiger partial charge < -0.3 is 5.32 Å². The van der Waals surface area contributed by atoms with Crippen molar-refractivity contribution >= 4 is 9.84 Å². The molecule has 0 spiro atoms. The fourth-order valence-corrected chi connectivity index (χ4v) is 2.25. The predicted molar refractivity (Wildman–Crippen MR) is 61.7 cm³/mol. The van der Waals surface area contributed by atoms with E-state index in [2.05, 4.69) is 5.32 Å². The van der Waals surface area contributed by atoms with Crippen LogP contribution in [0.1, 0.15) is 33.1 Å². The summed E-state index contributed by atoms with van der Waals surface area (Å²) in [6.07, 6.45) is -3.86. The second kappa shape index (κ2) is 7.20. The molecule has 0 fully saturated rings. The maximum absolute atomic E-state index is 12.5. The van der Waals surface area contributed by atoms with Crippen molar-refractivity contribution in [1.82, 2.24) is 5.32 Å². The van der Waals surface area contributed by atoms with E-state index in [-0.39, 0.29) is 30.9 Å². The maximum atomic E-state index is 12.5. The molecule has 0 heterocycles. The van der Waals surface area contributed by atoms with E-state index in [1.54, 1.807) is 6.92 Å². The van der Waals surface area contributed by atoms with Crippen LogP contribution in [-0.2, 0) is 9.84 Å². The molecule has 0 aliphatic rings. The van der Waals surface area contributed by atoms with Crippen LogP contribution in [0.4, 0.5) is 13.2 Å². The van der Waals surface area contributed by atoms with E-state index in [0.29, 0.717) is 6.42 Å². The largest absolute Gasteiger partial charge is 0.403 e. The molecule has 0 saturated heterocycles. The molecule has 1 atom stereocenters. The highest BCUT2D eigenvalue weighted by molar-refractivity contribution is 7.91. The van der Waals surface area contributed by atoms with E-state index in [4.69, 9.17) is 0 Å². The lowest BCUT2D eigenvalue weighted by molar-refractivity contribution is -0.157. The fraction of sp³-hybridized carbons (Fsp3) is 1.00. The van der Waals surface area contributed by atoms with Crippen molar-refractivity contribution in [3.63, 3.8) is 0 Å². The lowest BCUT2D eigenvalue weighted by atomic mass is 10.1. The van der Waals surface area contributed by atoms with Crippen LogP contribution < -0.4 is 5.32 Å². The second-order valence-corrected chi connectivity index (χ2v) is 6.40. The number of nitrogens with one attached hydrogen (secondary N) is 1. The fourth-order valence-electron chi connectivity index (χ4n) is 1.35. The van der Waals surface area contributed by atoms with Crippen molar-refractivity contribution in [3.05, 3.63) is 0 Å². The summed E-state index contributed by atoms with van der Waals surface area (Å²) in [7, 11) is -3.18.